The van der Waals surface area contributed by atoms with Crippen molar-refractivity contribution >= 4 is 17.0 Å². The molecule has 0 saturated heterocycles. The van der Waals surface area contributed by atoms with E-state index in [9.17, 15) is 0 Å². The molecule has 76 valence electrons. The number of aromatic nitrogens is 4. The van der Waals surface area contributed by atoms with Crippen molar-refractivity contribution in [2.75, 3.05) is 21.1 Å². The Hall–Kier alpha value is -1.20. The first-order chi connectivity index (χ1) is 6.09. The fraction of sp³-hybridized carbons (Fsp3) is 0.375. The molecule has 1 N–H and O–H groups in total. The molecule has 0 fully saturated rings. The molecule has 2 rings (SSSR count). The zero-order chi connectivity index (χ0) is 9.47. The Morgan fingerprint density at radius 1 is 1.14 bits per heavy atom. The van der Waals surface area contributed by atoms with Crippen molar-refractivity contribution in [1.82, 2.24) is 24.4 Å². The van der Waals surface area contributed by atoms with Crippen LogP contribution in [0.5, 0.6) is 0 Å². The van der Waals surface area contributed by atoms with Gasteiger partial charge in [-0.25, -0.2) is 9.97 Å². The minimum absolute atomic E-state index is 0. The summed E-state index contributed by atoms with van der Waals surface area (Å²) < 4.78 is 0.643. The number of imidazole rings is 1. The van der Waals surface area contributed by atoms with Crippen LogP contribution in [-0.4, -0.2) is 41.1 Å². The predicted molar refractivity (Wildman–Crippen MR) is 51.2 cm³/mol. The van der Waals surface area contributed by atoms with Crippen molar-refractivity contribution in [3.63, 3.8) is 0 Å². The number of nitrogens with zero attached hydrogens (tertiary/aromatic N) is 4. The van der Waals surface area contributed by atoms with Crippen LogP contribution in [0, 0.1) is 0 Å². The summed E-state index contributed by atoms with van der Waals surface area (Å²) in [6.07, 6.45) is 3.19. The van der Waals surface area contributed by atoms with E-state index in [4.69, 9.17) is 0 Å². The molecule has 0 aromatic carbocycles. The fourth-order valence-corrected chi connectivity index (χ4v) is 1.24. The first kappa shape index (κ1) is 10.9. The van der Waals surface area contributed by atoms with Gasteiger partial charge >= 0.3 is 0 Å². The van der Waals surface area contributed by atoms with Crippen LogP contribution in [0.15, 0.2) is 12.7 Å². The number of hydrogen-bond acceptors (Lipinski definition) is 3. The number of aromatic amines is 1. The molecule has 0 spiro atoms. The van der Waals surface area contributed by atoms with E-state index in [0.29, 0.717) is 4.48 Å². The van der Waals surface area contributed by atoms with E-state index < -0.39 is 0 Å². The molecule has 0 atom stereocenters. The highest BCUT2D eigenvalue weighted by Crippen LogP contribution is 2.20. The third kappa shape index (κ3) is 1.69. The molecule has 2 aromatic rings. The molecule has 5 nitrogen and oxygen atoms in total. The summed E-state index contributed by atoms with van der Waals surface area (Å²) in [6.45, 7) is 0. The molecule has 2 heterocycles. The van der Waals surface area contributed by atoms with Crippen LogP contribution in [0.25, 0.3) is 11.2 Å². The van der Waals surface area contributed by atoms with Crippen molar-refractivity contribution < 1.29 is 12.4 Å². The summed E-state index contributed by atoms with van der Waals surface area (Å²) in [4.78, 5) is 15.5. The van der Waals surface area contributed by atoms with E-state index in [0.717, 1.165) is 17.0 Å². The lowest BCUT2D eigenvalue weighted by molar-refractivity contribution is -0.00000322. The number of hydrogen-bond donors (Lipinski definition) is 1. The summed E-state index contributed by atoms with van der Waals surface area (Å²) in [5, 5.41) is 0. The van der Waals surface area contributed by atoms with Crippen molar-refractivity contribution in [2.24, 2.45) is 0 Å². The summed E-state index contributed by atoms with van der Waals surface area (Å²) >= 11 is 0. The SMILES string of the molecule is C[N+](C)(C)c1ncnc2[nH]cnc12.[Cl-]. The highest BCUT2D eigenvalue weighted by atomic mass is 35.5. The van der Waals surface area contributed by atoms with Crippen LogP contribution >= 0.6 is 0 Å². The molecule has 0 radical (unpaired) electrons. The van der Waals surface area contributed by atoms with E-state index in [1.165, 1.54) is 0 Å². The van der Waals surface area contributed by atoms with Gasteiger partial charge in [-0.05, 0) is 0 Å². The number of fused-ring (bicyclic) bond motifs is 1. The number of quaternary nitrogens is 1. The third-order valence-corrected chi connectivity index (χ3v) is 1.83. The van der Waals surface area contributed by atoms with Crippen molar-refractivity contribution in [3.8, 4) is 0 Å². The topological polar surface area (TPSA) is 54.5 Å². The largest absolute Gasteiger partial charge is 1.00 e. The van der Waals surface area contributed by atoms with Crippen LogP contribution in [0.2, 0.25) is 0 Å². The average Bonchev–Trinajstić information content (AvgIpc) is 2.48. The lowest BCUT2D eigenvalue weighted by atomic mass is 10.4. The zero-order valence-corrected chi connectivity index (χ0v) is 9.08. The van der Waals surface area contributed by atoms with Gasteiger partial charge in [0.2, 0.25) is 0 Å². The van der Waals surface area contributed by atoms with Crippen LogP contribution < -0.4 is 16.9 Å². The van der Waals surface area contributed by atoms with Crippen LogP contribution in [0.4, 0.5) is 5.82 Å². The lowest BCUT2D eigenvalue weighted by Crippen LogP contribution is -3.00. The summed E-state index contributed by atoms with van der Waals surface area (Å²) in [5.41, 5.74) is 1.63. The first-order valence-electron chi connectivity index (χ1n) is 4.05. The molecule has 0 aliphatic carbocycles. The lowest BCUT2D eigenvalue weighted by Gasteiger charge is -2.21. The van der Waals surface area contributed by atoms with Gasteiger partial charge in [0.05, 0.1) is 27.5 Å². The Balaban J connectivity index is 0.000000980. The molecular weight excluding hydrogens is 202 g/mol. The van der Waals surface area contributed by atoms with E-state index in [-0.39, 0.29) is 12.4 Å². The maximum atomic E-state index is 4.23. The van der Waals surface area contributed by atoms with Gasteiger partial charge in [-0.1, -0.05) is 0 Å². The van der Waals surface area contributed by atoms with Crippen LogP contribution in [-0.2, 0) is 0 Å². The summed E-state index contributed by atoms with van der Waals surface area (Å²) in [5.74, 6) is 0.922. The highest BCUT2D eigenvalue weighted by molar-refractivity contribution is 5.81. The second-order valence-corrected chi connectivity index (χ2v) is 3.81. The van der Waals surface area contributed by atoms with Crippen molar-refractivity contribution in [2.45, 2.75) is 0 Å². The molecule has 0 amide bonds. The Morgan fingerprint density at radius 2 is 1.86 bits per heavy atom. The fourth-order valence-electron chi connectivity index (χ4n) is 1.24. The minimum Gasteiger partial charge on any atom is -1.00 e. The first-order valence-corrected chi connectivity index (χ1v) is 4.05. The number of nitrogens with one attached hydrogen (secondary N) is 1. The normalized spacial score (nSPS) is 11.4. The van der Waals surface area contributed by atoms with E-state index in [2.05, 4.69) is 41.1 Å². The molecule has 0 bridgehead atoms. The quantitative estimate of drug-likeness (QED) is 0.536. The maximum Gasteiger partial charge on any atom is 0.258 e. The second-order valence-electron chi connectivity index (χ2n) is 3.81. The molecule has 0 saturated carbocycles. The number of halogens is 1. The maximum absolute atomic E-state index is 4.23. The van der Waals surface area contributed by atoms with E-state index in [1.54, 1.807) is 12.7 Å². The van der Waals surface area contributed by atoms with Gasteiger partial charge in [0.15, 0.2) is 11.2 Å². The van der Waals surface area contributed by atoms with Gasteiger partial charge in [0.25, 0.3) is 5.82 Å². The van der Waals surface area contributed by atoms with E-state index in [1.807, 2.05) is 0 Å². The Kier molecular flexibility index (Phi) is 2.73. The van der Waals surface area contributed by atoms with Gasteiger partial charge in [-0.2, -0.15) is 4.98 Å². The molecule has 0 aliphatic rings. The Labute approximate surface area is 88.2 Å². The number of H-pyrrole nitrogens is 1. The summed E-state index contributed by atoms with van der Waals surface area (Å²) in [6, 6.07) is 0. The smallest absolute Gasteiger partial charge is 0.258 e. The average molecular weight is 214 g/mol. The predicted octanol–water partition coefficient (Wildman–Crippen LogP) is -2.45. The van der Waals surface area contributed by atoms with Gasteiger partial charge in [-0.3, -0.25) is 4.48 Å². The molecule has 6 heteroatoms. The van der Waals surface area contributed by atoms with Gasteiger partial charge < -0.3 is 17.4 Å². The van der Waals surface area contributed by atoms with Crippen LogP contribution in [0.3, 0.4) is 0 Å². The molecule has 2 aromatic heterocycles. The van der Waals surface area contributed by atoms with Gasteiger partial charge in [0, 0.05) is 0 Å². The molecule has 0 unspecified atom stereocenters. The second kappa shape index (κ2) is 3.51. The minimum atomic E-state index is 0. The van der Waals surface area contributed by atoms with Gasteiger partial charge in [-0.15, -0.1) is 0 Å². The Morgan fingerprint density at radius 3 is 2.50 bits per heavy atom. The monoisotopic (exact) mass is 213 g/mol. The van der Waals surface area contributed by atoms with Crippen LogP contribution in [0.1, 0.15) is 0 Å². The Bertz CT molecular complexity index is 430. The molecule has 0 aliphatic heterocycles. The summed E-state index contributed by atoms with van der Waals surface area (Å²) in [7, 11) is 6.16. The standard InChI is InChI=1S/C8H12N5.ClH/c1-13(2,3)8-6-7(10-4-9-6)11-5-12-8;/h4-5H,1-3H3,(H,9,10,11,12);1H/q+1;/p-1. The number of rotatable bonds is 1. The highest BCUT2D eigenvalue weighted by Gasteiger charge is 2.19. The van der Waals surface area contributed by atoms with E-state index >= 15 is 0 Å². The zero-order valence-electron chi connectivity index (χ0n) is 8.32. The van der Waals surface area contributed by atoms with Gasteiger partial charge in [0.1, 0.15) is 6.33 Å². The third-order valence-electron chi connectivity index (χ3n) is 1.83. The molecule has 14 heavy (non-hydrogen) atoms. The van der Waals surface area contributed by atoms with Crippen molar-refractivity contribution in [3.05, 3.63) is 12.7 Å². The molecular formula is C8H12ClN5. The van der Waals surface area contributed by atoms with Crippen molar-refractivity contribution in [1.29, 1.82) is 0 Å².